The highest BCUT2D eigenvalue weighted by Crippen LogP contribution is 2.42. The lowest BCUT2D eigenvalue weighted by molar-refractivity contribution is -0.139. The number of rotatable bonds is 10. The Hall–Kier alpha value is -4.06. The van der Waals surface area contributed by atoms with Gasteiger partial charge in [-0.25, -0.2) is 0 Å². The highest BCUT2D eigenvalue weighted by molar-refractivity contribution is 6.46. The number of methoxy groups -OCH3 is 1. The van der Waals surface area contributed by atoms with Gasteiger partial charge in [-0.3, -0.25) is 9.59 Å². The maximum absolute atomic E-state index is 13.5. The Labute approximate surface area is 230 Å². The molecule has 0 radical (unpaired) electrons. The molecule has 0 spiro atoms. The van der Waals surface area contributed by atoms with Crippen molar-refractivity contribution in [3.63, 3.8) is 0 Å². The molecule has 1 atom stereocenters. The zero-order chi connectivity index (χ0) is 28.1. The molecule has 1 amide bonds. The number of hydrogen-bond acceptors (Lipinski definition) is 5. The van der Waals surface area contributed by atoms with E-state index in [2.05, 4.69) is 13.8 Å². The number of aliphatic hydroxyl groups excluding tert-OH is 1. The standard InChI is InChI=1S/C33H37NO5/c1-21(2)16-18-39-27-14-13-25(20-28(27)38-5)30-29(31(35)26-19-22(3)11-12-23(26)4)32(36)33(37)34(30)17-15-24-9-7-6-8-10-24/h6-14,19-21,30,35H,15-18H2,1-5H3/b31-29+. The fourth-order valence-electron chi connectivity index (χ4n) is 4.87. The Kier molecular flexibility index (Phi) is 8.75. The van der Waals surface area contributed by atoms with Gasteiger partial charge in [0.1, 0.15) is 5.76 Å². The first-order chi connectivity index (χ1) is 18.7. The molecule has 1 heterocycles. The predicted octanol–water partition coefficient (Wildman–Crippen LogP) is 6.40. The second-order valence-corrected chi connectivity index (χ2v) is 10.5. The topological polar surface area (TPSA) is 76.1 Å². The van der Waals surface area contributed by atoms with Crippen LogP contribution in [0.15, 0.2) is 72.3 Å². The highest BCUT2D eigenvalue weighted by Gasteiger charge is 2.46. The molecule has 1 N–H and O–H groups in total. The molecule has 3 aromatic rings. The van der Waals surface area contributed by atoms with Crippen LogP contribution in [0.2, 0.25) is 0 Å². The number of hydrogen-bond donors (Lipinski definition) is 1. The van der Waals surface area contributed by atoms with Crippen molar-refractivity contribution in [3.8, 4) is 11.5 Å². The number of aliphatic hydroxyl groups is 1. The summed E-state index contributed by atoms with van der Waals surface area (Å²) in [6.45, 7) is 8.94. The van der Waals surface area contributed by atoms with E-state index in [4.69, 9.17) is 9.47 Å². The third-order valence-corrected chi connectivity index (χ3v) is 7.13. The minimum atomic E-state index is -0.771. The lowest BCUT2D eigenvalue weighted by Gasteiger charge is -2.26. The number of benzene rings is 3. The normalized spacial score (nSPS) is 16.7. The Morgan fingerprint density at radius 2 is 1.72 bits per heavy atom. The van der Waals surface area contributed by atoms with E-state index in [0.29, 0.717) is 48.1 Å². The van der Waals surface area contributed by atoms with Crippen molar-refractivity contribution in [2.45, 2.75) is 46.6 Å². The molecule has 1 aliphatic heterocycles. The number of nitrogens with zero attached hydrogens (tertiary/aromatic N) is 1. The number of ether oxygens (including phenoxy) is 2. The van der Waals surface area contributed by atoms with Crippen LogP contribution in [-0.2, 0) is 16.0 Å². The van der Waals surface area contributed by atoms with Gasteiger partial charge in [0, 0.05) is 12.1 Å². The molecule has 204 valence electrons. The van der Waals surface area contributed by atoms with Gasteiger partial charge in [0.2, 0.25) is 0 Å². The Bertz CT molecular complexity index is 1380. The van der Waals surface area contributed by atoms with Crippen LogP contribution in [0.4, 0.5) is 0 Å². The second kappa shape index (κ2) is 12.2. The third-order valence-electron chi connectivity index (χ3n) is 7.13. The summed E-state index contributed by atoms with van der Waals surface area (Å²) in [6, 6.07) is 20.2. The first kappa shape index (κ1) is 28.0. The number of amides is 1. The van der Waals surface area contributed by atoms with Gasteiger partial charge < -0.3 is 19.5 Å². The molecule has 4 rings (SSSR count). The van der Waals surface area contributed by atoms with Gasteiger partial charge in [-0.1, -0.05) is 67.9 Å². The van der Waals surface area contributed by atoms with Crippen LogP contribution in [0, 0.1) is 19.8 Å². The van der Waals surface area contributed by atoms with Gasteiger partial charge in [-0.05, 0) is 67.5 Å². The summed E-state index contributed by atoms with van der Waals surface area (Å²) in [6.07, 6.45) is 1.47. The van der Waals surface area contributed by atoms with Crippen molar-refractivity contribution < 1.29 is 24.2 Å². The quantitative estimate of drug-likeness (QED) is 0.188. The number of Topliss-reactive ketones (excluding diaryl/α,β-unsaturated/α-hetero) is 1. The van der Waals surface area contributed by atoms with Crippen LogP contribution in [0.1, 0.15) is 54.1 Å². The molecule has 1 unspecified atom stereocenters. The molecule has 0 aliphatic carbocycles. The molecule has 0 aromatic heterocycles. The van der Waals surface area contributed by atoms with E-state index in [1.807, 2.05) is 74.5 Å². The van der Waals surface area contributed by atoms with Crippen LogP contribution < -0.4 is 9.47 Å². The van der Waals surface area contributed by atoms with Crippen LogP contribution >= 0.6 is 0 Å². The summed E-state index contributed by atoms with van der Waals surface area (Å²) < 4.78 is 11.6. The highest BCUT2D eigenvalue weighted by atomic mass is 16.5. The molecule has 1 saturated heterocycles. The first-order valence-corrected chi connectivity index (χ1v) is 13.4. The summed E-state index contributed by atoms with van der Waals surface area (Å²) in [5.74, 6) is 0.124. The molecule has 0 bridgehead atoms. The minimum Gasteiger partial charge on any atom is -0.507 e. The summed E-state index contributed by atoms with van der Waals surface area (Å²) in [5.41, 5.74) is 4.11. The molecule has 6 heteroatoms. The molecule has 6 nitrogen and oxygen atoms in total. The van der Waals surface area contributed by atoms with Crippen molar-refractivity contribution in [3.05, 3.63) is 100 Å². The monoisotopic (exact) mass is 527 g/mol. The van der Waals surface area contributed by atoms with Crippen molar-refractivity contribution in [2.75, 3.05) is 20.3 Å². The Morgan fingerprint density at radius 1 is 0.974 bits per heavy atom. The van der Waals surface area contributed by atoms with Gasteiger partial charge in [0.25, 0.3) is 11.7 Å². The molecule has 0 saturated carbocycles. The van der Waals surface area contributed by atoms with Gasteiger partial charge in [-0.15, -0.1) is 0 Å². The summed E-state index contributed by atoms with van der Waals surface area (Å²) in [4.78, 5) is 28.4. The third kappa shape index (κ3) is 6.17. The average Bonchev–Trinajstić information content (AvgIpc) is 3.18. The molecule has 39 heavy (non-hydrogen) atoms. The van der Waals surface area contributed by atoms with E-state index in [9.17, 15) is 14.7 Å². The number of likely N-dealkylation sites (tertiary alicyclic amines) is 1. The minimum absolute atomic E-state index is 0.0808. The SMILES string of the molecule is COc1cc(C2/C(=C(\O)c3cc(C)ccc3C)C(=O)C(=O)N2CCc2ccccc2)ccc1OCCC(C)C. The summed E-state index contributed by atoms with van der Waals surface area (Å²) in [5, 5.41) is 11.5. The summed E-state index contributed by atoms with van der Waals surface area (Å²) in [7, 11) is 1.57. The van der Waals surface area contributed by atoms with Gasteiger partial charge in [-0.2, -0.15) is 0 Å². The lowest BCUT2D eigenvalue weighted by atomic mass is 9.93. The molecule has 3 aromatic carbocycles. The Balaban J connectivity index is 1.79. The largest absolute Gasteiger partial charge is 0.507 e. The van der Waals surface area contributed by atoms with Gasteiger partial charge >= 0.3 is 0 Å². The van der Waals surface area contributed by atoms with Crippen molar-refractivity contribution in [2.24, 2.45) is 5.92 Å². The number of carbonyl (C=O) groups is 2. The number of carbonyl (C=O) groups excluding carboxylic acids is 2. The summed E-state index contributed by atoms with van der Waals surface area (Å²) >= 11 is 0. The maximum atomic E-state index is 13.5. The van der Waals surface area contributed by atoms with Crippen molar-refractivity contribution >= 4 is 17.4 Å². The molecular formula is C33H37NO5. The van der Waals surface area contributed by atoms with Crippen molar-refractivity contribution in [1.29, 1.82) is 0 Å². The molecule has 1 aliphatic rings. The van der Waals surface area contributed by atoms with E-state index in [1.165, 1.54) is 0 Å². The average molecular weight is 528 g/mol. The number of ketones is 1. The zero-order valence-corrected chi connectivity index (χ0v) is 23.4. The van der Waals surface area contributed by atoms with Crippen molar-refractivity contribution in [1.82, 2.24) is 4.90 Å². The fourth-order valence-corrected chi connectivity index (χ4v) is 4.87. The fraction of sp³-hybridized carbons (Fsp3) is 0.333. The zero-order valence-electron chi connectivity index (χ0n) is 23.4. The maximum Gasteiger partial charge on any atom is 0.295 e. The predicted molar refractivity (Wildman–Crippen MR) is 153 cm³/mol. The van der Waals surface area contributed by atoms with E-state index >= 15 is 0 Å². The van der Waals surface area contributed by atoms with Crippen LogP contribution in [0.3, 0.4) is 0 Å². The Morgan fingerprint density at radius 3 is 2.41 bits per heavy atom. The van der Waals surface area contributed by atoms with Crippen LogP contribution in [-0.4, -0.2) is 42.0 Å². The first-order valence-electron chi connectivity index (χ1n) is 13.4. The number of aryl methyl sites for hydroxylation is 2. The van der Waals surface area contributed by atoms with Gasteiger partial charge in [0.05, 0.1) is 25.3 Å². The smallest absolute Gasteiger partial charge is 0.295 e. The van der Waals surface area contributed by atoms with Crippen LogP contribution in [0.25, 0.3) is 5.76 Å². The van der Waals surface area contributed by atoms with E-state index in [0.717, 1.165) is 23.1 Å². The van der Waals surface area contributed by atoms with E-state index in [1.54, 1.807) is 18.1 Å². The van der Waals surface area contributed by atoms with Crippen LogP contribution in [0.5, 0.6) is 11.5 Å². The van der Waals surface area contributed by atoms with Gasteiger partial charge in [0.15, 0.2) is 11.5 Å². The molecular weight excluding hydrogens is 490 g/mol. The van der Waals surface area contributed by atoms with E-state index < -0.39 is 17.7 Å². The van der Waals surface area contributed by atoms with E-state index in [-0.39, 0.29) is 11.3 Å². The lowest BCUT2D eigenvalue weighted by Crippen LogP contribution is -2.31. The molecule has 1 fully saturated rings. The second-order valence-electron chi connectivity index (χ2n) is 10.5.